The molecule has 3 aromatic heterocycles. The molecule has 1 aromatic carbocycles. The van der Waals surface area contributed by atoms with Crippen LogP contribution in [-0.2, 0) is 23.3 Å². The maximum atomic E-state index is 15.1. The quantitative estimate of drug-likeness (QED) is 0.330. The first kappa shape index (κ1) is 26.2. The molecule has 0 unspecified atom stereocenters. The molecule has 1 aliphatic rings. The van der Waals surface area contributed by atoms with Gasteiger partial charge in [0.25, 0.3) is 0 Å². The van der Waals surface area contributed by atoms with E-state index in [1.54, 1.807) is 23.9 Å². The third kappa shape index (κ3) is 5.17. The minimum absolute atomic E-state index is 0.0541. The Morgan fingerprint density at radius 2 is 1.90 bits per heavy atom. The van der Waals surface area contributed by atoms with Crippen molar-refractivity contribution in [2.24, 2.45) is 7.05 Å². The van der Waals surface area contributed by atoms with Crippen LogP contribution in [0.1, 0.15) is 35.7 Å². The molecule has 0 amide bonds. The van der Waals surface area contributed by atoms with E-state index in [0.717, 1.165) is 47.4 Å². The van der Waals surface area contributed by atoms with Crippen LogP contribution < -0.4 is 10.2 Å². The van der Waals surface area contributed by atoms with Crippen molar-refractivity contribution in [1.29, 1.82) is 5.26 Å². The van der Waals surface area contributed by atoms with Crippen LogP contribution in [0.15, 0.2) is 29.2 Å². The van der Waals surface area contributed by atoms with Gasteiger partial charge in [0, 0.05) is 37.7 Å². The van der Waals surface area contributed by atoms with Gasteiger partial charge in [-0.15, -0.1) is 0 Å². The Morgan fingerprint density at radius 1 is 1.21 bits per heavy atom. The number of nitrogens with zero attached hydrogens (tertiary/aromatic N) is 7. The summed E-state index contributed by atoms with van der Waals surface area (Å²) in [6.07, 6.45) is 2.81. The van der Waals surface area contributed by atoms with E-state index in [1.165, 1.54) is 7.05 Å². The van der Waals surface area contributed by atoms with E-state index in [9.17, 15) is 13.7 Å². The number of rotatable bonds is 8. The third-order valence-corrected chi connectivity index (χ3v) is 7.50. The minimum atomic E-state index is -3.83. The van der Waals surface area contributed by atoms with Crippen molar-refractivity contribution in [3.8, 4) is 17.5 Å². The zero-order valence-electron chi connectivity index (χ0n) is 21.6. The van der Waals surface area contributed by atoms with Crippen LogP contribution in [0.5, 0.6) is 0 Å². The van der Waals surface area contributed by atoms with E-state index >= 15 is 8.78 Å². The number of hydrogen-bond donors (Lipinski definition) is 2. The lowest BCUT2D eigenvalue weighted by Gasteiger charge is -2.22. The largest absolute Gasteiger partial charge is 0.323 e. The second kappa shape index (κ2) is 9.73. The molecular weight excluding hydrogens is 528 g/mol. The number of sulfone groups is 1. The Labute approximate surface area is 223 Å². The number of nitrogens with one attached hydrogen (secondary N) is 2. The Bertz CT molecular complexity index is 1710. The Morgan fingerprint density at radius 3 is 2.46 bits per heavy atom. The van der Waals surface area contributed by atoms with Crippen molar-refractivity contribution in [3.63, 3.8) is 0 Å². The van der Waals surface area contributed by atoms with Crippen LogP contribution >= 0.6 is 0 Å². The van der Waals surface area contributed by atoms with E-state index in [2.05, 4.69) is 31.7 Å². The van der Waals surface area contributed by atoms with Gasteiger partial charge in [-0.2, -0.15) is 20.4 Å². The molecule has 14 heteroatoms. The summed E-state index contributed by atoms with van der Waals surface area (Å²) in [4.78, 5) is 9.97. The molecule has 0 bridgehead atoms. The highest BCUT2D eigenvalue weighted by atomic mass is 32.2. The molecule has 0 atom stereocenters. The first-order valence-electron chi connectivity index (χ1n) is 12.0. The van der Waals surface area contributed by atoms with Gasteiger partial charge < -0.3 is 10.2 Å². The van der Waals surface area contributed by atoms with Crippen molar-refractivity contribution in [2.75, 3.05) is 23.5 Å². The third-order valence-electron chi connectivity index (χ3n) is 6.41. The second-order valence-corrected chi connectivity index (χ2v) is 11.5. The van der Waals surface area contributed by atoms with Crippen LogP contribution in [0, 0.1) is 29.9 Å². The number of nitriles is 1. The van der Waals surface area contributed by atoms with Crippen molar-refractivity contribution in [2.45, 2.75) is 37.0 Å². The maximum Gasteiger partial charge on any atom is 0.232 e. The summed E-state index contributed by atoms with van der Waals surface area (Å²) in [7, 11) is -0.723. The van der Waals surface area contributed by atoms with Gasteiger partial charge in [0.15, 0.2) is 27.3 Å². The van der Waals surface area contributed by atoms with Crippen LogP contribution in [0.25, 0.3) is 11.4 Å². The molecule has 0 aliphatic heterocycles. The number of aromatic nitrogens is 6. The number of anilines is 4. The summed E-state index contributed by atoms with van der Waals surface area (Å²) in [6.45, 7) is 1.85. The molecular formula is C25H25F2N9O2S. The number of benzene rings is 1. The van der Waals surface area contributed by atoms with Gasteiger partial charge in [-0.05, 0) is 43.9 Å². The monoisotopic (exact) mass is 553 g/mol. The van der Waals surface area contributed by atoms with E-state index in [1.807, 2.05) is 6.92 Å². The highest BCUT2D eigenvalue weighted by molar-refractivity contribution is 7.90. The Hall–Kier alpha value is -4.38. The molecule has 0 spiro atoms. The summed E-state index contributed by atoms with van der Waals surface area (Å²) in [6, 6.07) is 7.19. The minimum Gasteiger partial charge on any atom is -0.323 e. The zero-order chi connectivity index (χ0) is 28.1. The van der Waals surface area contributed by atoms with Gasteiger partial charge in [0.1, 0.15) is 22.9 Å². The second-order valence-electron chi connectivity index (χ2n) is 9.52. The number of H-pyrrole nitrogens is 1. The summed E-state index contributed by atoms with van der Waals surface area (Å²) >= 11 is 0. The maximum absolute atomic E-state index is 15.1. The van der Waals surface area contributed by atoms with E-state index in [-0.39, 0.29) is 18.3 Å². The molecule has 1 saturated carbocycles. The molecule has 4 aromatic rings. The normalized spacial score (nSPS) is 13.4. The Kier molecular flexibility index (Phi) is 6.55. The summed E-state index contributed by atoms with van der Waals surface area (Å²) < 4.78 is 55.6. The fourth-order valence-electron chi connectivity index (χ4n) is 4.31. The summed E-state index contributed by atoms with van der Waals surface area (Å²) in [5.41, 5.74) is 2.70. The molecule has 3 heterocycles. The van der Waals surface area contributed by atoms with Gasteiger partial charge in [0.05, 0.1) is 23.1 Å². The fourth-order valence-corrected chi connectivity index (χ4v) is 4.94. The lowest BCUT2D eigenvalue weighted by Crippen LogP contribution is -2.19. The van der Waals surface area contributed by atoms with Crippen LogP contribution in [0.4, 0.5) is 32.1 Å². The van der Waals surface area contributed by atoms with Crippen molar-refractivity contribution in [1.82, 2.24) is 29.9 Å². The number of aryl methyl sites for hydroxylation is 2. The first-order valence-corrected chi connectivity index (χ1v) is 13.9. The van der Waals surface area contributed by atoms with E-state index in [0.29, 0.717) is 28.7 Å². The first-order chi connectivity index (χ1) is 18.5. The highest BCUT2D eigenvalue weighted by Crippen LogP contribution is 2.48. The Balaban J connectivity index is 1.70. The average Bonchev–Trinajstić information content (AvgIpc) is 3.52. The van der Waals surface area contributed by atoms with E-state index in [4.69, 9.17) is 4.98 Å². The summed E-state index contributed by atoms with van der Waals surface area (Å²) in [5.74, 6) is -1.19. The molecule has 202 valence electrons. The van der Waals surface area contributed by atoms with Gasteiger partial charge in [0.2, 0.25) is 5.95 Å². The van der Waals surface area contributed by atoms with Gasteiger partial charge in [-0.25, -0.2) is 22.2 Å². The number of aromatic amines is 1. The molecule has 5 rings (SSSR count). The van der Waals surface area contributed by atoms with Gasteiger partial charge in [-0.3, -0.25) is 9.78 Å². The molecule has 11 nitrogen and oxygen atoms in total. The molecule has 1 aliphatic carbocycles. The van der Waals surface area contributed by atoms with Crippen LogP contribution in [0.2, 0.25) is 0 Å². The predicted molar refractivity (Wildman–Crippen MR) is 140 cm³/mol. The average molecular weight is 554 g/mol. The standard InChI is InChI=1S/C25H25F2N9O2S/c1-13-9-20(33-32-13)29-24-21(14-5-6-14)22(19-10-15(7-8-28)36(3)34-19)30-25(31-24)35(2)23-17(26)11-16(12-18(23)27)39(4,37)38/h9-12,14H,5-7H2,1-4H3,(H2,29,30,31,32,33). The number of hydrogen-bond acceptors (Lipinski definition) is 9. The topological polar surface area (TPSA) is 145 Å². The predicted octanol–water partition coefficient (Wildman–Crippen LogP) is 4.05. The van der Waals surface area contributed by atoms with Crippen molar-refractivity contribution < 1.29 is 17.2 Å². The number of halogens is 2. The molecule has 0 saturated heterocycles. The molecule has 1 fully saturated rings. The summed E-state index contributed by atoms with van der Waals surface area (Å²) in [5, 5.41) is 24.1. The van der Waals surface area contributed by atoms with Crippen LogP contribution in [0.3, 0.4) is 0 Å². The smallest absolute Gasteiger partial charge is 0.232 e. The van der Waals surface area contributed by atoms with Crippen molar-refractivity contribution >= 4 is 33.1 Å². The van der Waals surface area contributed by atoms with Gasteiger partial charge in [-0.1, -0.05) is 0 Å². The van der Waals surface area contributed by atoms with E-state index < -0.39 is 32.1 Å². The van der Waals surface area contributed by atoms with Crippen LogP contribution in [-0.4, -0.2) is 51.7 Å². The molecule has 0 radical (unpaired) electrons. The SMILES string of the molecule is Cc1cc(Nc2nc(N(C)c3c(F)cc(S(C)(=O)=O)cc3F)nc(-c3cc(CC#N)n(C)n3)c2C2CC2)n[nH]1. The molecule has 39 heavy (non-hydrogen) atoms. The molecule has 2 N–H and O–H groups in total. The van der Waals surface area contributed by atoms with Gasteiger partial charge >= 0.3 is 0 Å². The van der Waals surface area contributed by atoms with Crippen molar-refractivity contribution in [3.05, 3.63) is 52.9 Å². The zero-order valence-corrected chi connectivity index (χ0v) is 22.4. The lowest BCUT2D eigenvalue weighted by atomic mass is 10.1. The fraction of sp³-hybridized carbons (Fsp3) is 0.320. The highest BCUT2D eigenvalue weighted by Gasteiger charge is 2.34. The lowest BCUT2D eigenvalue weighted by molar-refractivity contribution is 0.569.